The lowest BCUT2D eigenvalue weighted by atomic mass is 10.3. The molecular weight excluding hydrogens is 244 g/mol. The zero-order chi connectivity index (χ0) is 13.3. The number of anilines is 1. The molecule has 0 bridgehead atoms. The molecule has 5 nitrogen and oxygen atoms in total. The summed E-state index contributed by atoms with van der Waals surface area (Å²) in [5.41, 5.74) is 6.23. The van der Waals surface area contributed by atoms with E-state index in [0.717, 1.165) is 12.1 Å². The third kappa shape index (κ3) is 2.11. The average Bonchev–Trinajstić information content (AvgIpc) is 2.62. The Balaban J connectivity index is 2.40. The van der Waals surface area contributed by atoms with Crippen LogP contribution < -0.4 is 5.73 Å². The summed E-state index contributed by atoms with van der Waals surface area (Å²) >= 11 is 0. The van der Waals surface area contributed by atoms with Crippen molar-refractivity contribution in [2.45, 2.75) is 13.0 Å². The third-order valence-corrected chi connectivity index (χ3v) is 2.59. The summed E-state index contributed by atoms with van der Waals surface area (Å²) in [6, 6.07) is 1.97. The molecule has 0 radical (unpaired) electrons. The molecule has 0 saturated heterocycles. The van der Waals surface area contributed by atoms with E-state index in [-0.39, 0.29) is 24.4 Å². The highest BCUT2D eigenvalue weighted by atomic mass is 19.2. The van der Waals surface area contributed by atoms with Crippen molar-refractivity contribution in [1.82, 2.24) is 9.55 Å². The number of fused-ring (bicyclic) bond motifs is 1. The molecule has 7 heteroatoms. The Kier molecular flexibility index (Phi) is 3.14. The van der Waals surface area contributed by atoms with Crippen LogP contribution in [0.1, 0.15) is 6.42 Å². The second-order valence-electron chi connectivity index (χ2n) is 3.70. The Morgan fingerprint density at radius 2 is 2.11 bits per heavy atom. The number of ether oxygens (including phenoxy) is 1. The zero-order valence-electron chi connectivity index (χ0n) is 9.61. The summed E-state index contributed by atoms with van der Waals surface area (Å²) in [5, 5.41) is 0. The fourth-order valence-corrected chi connectivity index (χ4v) is 1.68. The lowest BCUT2D eigenvalue weighted by molar-refractivity contribution is -0.140. The van der Waals surface area contributed by atoms with Gasteiger partial charge in [0.05, 0.1) is 24.6 Å². The summed E-state index contributed by atoms with van der Waals surface area (Å²) in [7, 11) is 1.27. The average molecular weight is 255 g/mol. The number of rotatable bonds is 3. The third-order valence-electron chi connectivity index (χ3n) is 2.59. The molecule has 0 unspecified atom stereocenters. The van der Waals surface area contributed by atoms with Gasteiger partial charge in [0.15, 0.2) is 11.6 Å². The minimum Gasteiger partial charge on any atom is -0.469 e. The first-order chi connectivity index (χ1) is 8.52. The highest BCUT2D eigenvalue weighted by molar-refractivity contribution is 5.79. The van der Waals surface area contributed by atoms with E-state index in [4.69, 9.17) is 5.73 Å². The molecule has 0 aliphatic heterocycles. The standard InChI is InChI=1S/C11H11F2N3O2/c1-18-10(17)2-3-16-9-5-7(13)6(12)4-8(9)15-11(16)14/h4-5H,2-3H2,1H3,(H2,14,15). The maximum absolute atomic E-state index is 13.2. The number of methoxy groups -OCH3 is 1. The van der Waals surface area contributed by atoms with E-state index in [1.54, 1.807) is 0 Å². The van der Waals surface area contributed by atoms with Crippen LogP contribution in [0.3, 0.4) is 0 Å². The van der Waals surface area contributed by atoms with Crippen LogP contribution in [0.2, 0.25) is 0 Å². The molecule has 0 saturated carbocycles. The van der Waals surface area contributed by atoms with Gasteiger partial charge in [-0.25, -0.2) is 13.8 Å². The number of imidazole rings is 1. The second kappa shape index (κ2) is 4.59. The molecule has 2 rings (SSSR count). The summed E-state index contributed by atoms with van der Waals surface area (Å²) in [5.74, 6) is -2.29. The van der Waals surface area contributed by atoms with Crippen LogP contribution in [0.15, 0.2) is 12.1 Å². The maximum Gasteiger partial charge on any atom is 0.307 e. The van der Waals surface area contributed by atoms with Gasteiger partial charge in [0.1, 0.15) is 0 Å². The van der Waals surface area contributed by atoms with Crippen LogP contribution in [0.25, 0.3) is 11.0 Å². The molecule has 0 amide bonds. The van der Waals surface area contributed by atoms with E-state index >= 15 is 0 Å². The molecule has 1 aromatic carbocycles. The first-order valence-electron chi connectivity index (χ1n) is 5.20. The van der Waals surface area contributed by atoms with E-state index in [1.807, 2.05) is 0 Å². The SMILES string of the molecule is COC(=O)CCn1c(N)nc2cc(F)c(F)cc21. The minimum absolute atomic E-state index is 0.0746. The quantitative estimate of drug-likeness (QED) is 0.843. The smallest absolute Gasteiger partial charge is 0.307 e. The van der Waals surface area contributed by atoms with Crippen LogP contribution in [0.5, 0.6) is 0 Å². The number of aromatic nitrogens is 2. The van der Waals surface area contributed by atoms with Gasteiger partial charge in [-0.2, -0.15) is 0 Å². The summed E-state index contributed by atoms with van der Waals surface area (Å²) in [6.07, 6.45) is 0.0746. The van der Waals surface area contributed by atoms with Crippen molar-refractivity contribution < 1.29 is 18.3 Å². The van der Waals surface area contributed by atoms with E-state index in [0.29, 0.717) is 5.52 Å². The highest BCUT2D eigenvalue weighted by Crippen LogP contribution is 2.21. The van der Waals surface area contributed by atoms with Gasteiger partial charge in [-0.3, -0.25) is 4.79 Å². The molecule has 96 valence electrons. The Hall–Kier alpha value is -2.18. The van der Waals surface area contributed by atoms with Crippen LogP contribution >= 0.6 is 0 Å². The highest BCUT2D eigenvalue weighted by Gasteiger charge is 2.13. The minimum atomic E-state index is -0.986. The van der Waals surface area contributed by atoms with Crippen LogP contribution in [-0.2, 0) is 16.1 Å². The van der Waals surface area contributed by atoms with Crippen LogP contribution in [0, 0.1) is 11.6 Å². The fraction of sp³-hybridized carbons (Fsp3) is 0.273. The molecule has 0 aliphatic rings. The molecule has 0 fully saturated rings. The van der Waals surface area contributed by atoms with Crippen molar-refractivity contribution in [2.24, 2.45) is 0 Å². The molecular formula is C11H11F2N3O2. The number of nitrogen functional groups attached to an aromatic ring is 1. The number of hydrogen-bond donors (Lipinski definition) is 1. The Morgan fingerprint density at radius 3 is 2.78 bits per heavy atom. The number of hydrogen-bond acceptors (Lipinski definition) is 4. The normalized spacial score (nSPS) is 10.8. The maximum atomic E-state index is 13.2. The number of esters is 1. The molecule has 0 spiro atoms. The number of carbonyl (C=O) groups excluding carboxylic acids is 1. The lowest BCUT2D eigenvalue weighted by Gasteiger charge is -2.05. The monoisotopic (exact) mass is 255 g/mol. The van der Waals surface area contributed by atoms with Gasteiger partial charge < -0.3 is 15.0 Å². The van der Waals surface area contributed by atoms with Crippen molar-refractivity contribution in [3.05, 3.63) is 23.8 Å². The second-order valence-corrected chi connectivity index (χ2v) is 3.70. The van der Waals surface area contributed by atoms with Crippen molar-refractivity contribution >= 4 is 23.0 Å². The van der Waals surface area contributed by atoms with Gasteiger partial charge in [0, 0.05) is 18.7 Å². The van der Waals surface area contributed by atoms with Gasteiger partial charge >= 0.3 is 5.97 Å². The van der Waals surface area contributed by atoms with E-state index in [1.165, 1.54) is 11.7 Å². The molecule has 18 heavy (non-hydrogen) atoms. The van der Waals surface area contributed by atoms with Gasteiger partial charge in [0.2, 0.25) is 5.95 Å². The molecule has 2 aromatic rings. The number of halogens is 2. The molecule has 1 heterocycles. The molecule has 1 aromatic heterocycles. The number of benzene rings is 1. The van der Waals surface area contributed by atoms with Gasteiger partial charge in [-0.1, -0.05) is 0 Å². The first-order valence-corrected chi connectivity index (χ1v) is 5.20. The topological polar surface area (TPSA) is 70.1 Å². The van der Waals surface area contributed by atoms with Gasteiger partial charge in [-0.15, -0.1) is 0 Å². The van der Waals surface area contributed by atoms with E-state index in [9.17, 15) is 13.6 Å². The Morgan fingerprint density at radius 1 is 1.44 bits per heavy atom. The largest absolute Gasteiger partial charge is 0.469 e. The van der Waals surface area contributed by atoms with Crippen molar-refractivity contribution in [3.63, 3.8) is 0 Å². The van der Waals surface area contributed by atoms with E-state index < -0.39 is 17.6 Å². The Labute approximate surface area is 101 Å². The van der Waals surface area contributed by atoms with Crippen molar-refractivity contribution in [1.29, 1.82) is 0 Å². The predicted octanol–water partition coefficient (Wildman–Crippen LogP) is 1.46. The fourth-order valence-electron chi connectivity index (χ4n) is 1.68. The molecule has 2 N–H and O–H groups in total. The summed E-state index contributed by atoms with van der Waals surface area (Å²) in [4.78, 5) is 14.9. The van der Waals surface area contributed by atoms with Gasteiger partial charge in [0.25, 0.3) is 0 Å². The molecule has 0 aliphatic carbocycles. The zero-order valence-corrected chi connectivity index (χ0v) is 9.61. The molecule has 0 atom stereocenters. The predicted molar refractivity (Wildman–Crippen MR) is 60.7 cm³/mol. The van der Waals surface area contributed by atoms with Crippen molar-refractivity contribution in [2.75, 3.05) is 12.8 Å². The number of carbonyl (C=O) groups is 1. The summed E-state index contributed by atoms with van der Waals surface area (Å²) in [6.45, 7) is 0.195. The lowest BCUT2D eigenvalue weighted by Crippen LogP contribution is -2.09. The van der Waals surface area contributed by atoms with E-state index in [2.05, 4.69) is 9.72 Å². The van der Waals surface area contributed by atoms with Crippen molar-refractivity contribution in [3.8, 4) is 0 Å². The van der Waals surface area contributed by atoms with Gasteiger partial charge in [-0.05, 0) is 0 Å². The first kappa shape index (κ1) is 12.3. The number of aryl methyl sites for hydroxylation is 1. The summed E-state index contributed by atoms with van der Waals surface area (Å²) < 4.78 is 32.1. The van der Waals surface area contributed by atoms with Crippen LogP contribution in [0.4, 0.5) is 14.7 Å². The number of nitrogens with zero attached hydrogens (tertiary/aromatic N) is 2. The Bertz CT molecular complexity index is 610. The number of nitrogens with two attached hydrogens (primary N) is 1. The van der Waals surface area contributed by atoms with Crippen LogP contribution in [-0.4, -0.2) is 22.6 Å².